The molecule has 0 heterocycles. The highest BCUT2D eigenvalue weighted by atomic mass is 16.8. The van der Waals surface area contributed by atoms with Gasteiger partial charge in [0.1, 0.15) is 0 Å². The van der Waals surface area contributed by atoms with E-state index in [9.17, 15) is 5.11 Å². The monoisotopic (exact) mass is 273 g/mol. The van der Waals surface area contributed by atoms with Gasteiger partial charge in [0, 0.05) is 0 Å². The van der Waals surface area contributed by atoms with Gasteiger partial charge in [-0.25, -0.2) is 0 Å². The minimum Gasteiger partial charge on any atom is -0.364 e. The zero-order chi connectivity index (χ0) is 14.7. The summed E-state index contributed by atoms with van der Waals surface area (Å²) in [5.41, 5.74) is -0.865. The molecule has 1 aliphatic rings. The summed E-state index contributed by atoms with van der Waals surface area (Å²) in [7, 11) is 0. The third kappa shape index (κ3) is 4.15. The SMILES string of the molecule is CC(C)OC1(C([O])(OC(C)C)OC(C)C)CCCC1. The Labute approximate surface area is 117 Å². The fourth-order valence-electron chi connectivity index (χ4n) is 2.76. The molecule has 113 valence electrons. The molecule has 1 aliphatic carbocycles. The van der Waals surface area contributed by atoms with Crippen LogP contribution in [0.4, 0.5) is 0 Å². The predicted molar refractivity (Wildman–Crippen MR) is 73.3 cm³/mol. The Morgan fingerprint density at radius 1 is 0.842 bits per heavy atom. The first kappa shape index (κ1) is 16.9. The smallest absolute Gasteiger partial charge is 0.342 e. The zero-order valence-electron chi connectivity index (χ0n) is 13.2. The molecule has 0 saturated heterocycles. The van der Waals surface area contributed by atoms with Crippen LogP contribution in [0.5, 0.6) is 0 Å². The van der Waals surface area contributed by atoms with Crippen molar-refractivity contribution in [3.63, 3.8) is 0 Å². The van der Waals surface area contributed by atoms with Gasteiger partial charge in [-0.3, -0.25) is 0 Å². The summed E-state index contributed by atoms with van der Waals surface area (Å²) in [6.07, 6.45) is 2.98. The summed E-state index contributed by atoms with van der Waals surface area (Å²) in [6.45, 7) is 11.3. The summed E-state index contributed by atoms with van der Waals surface area (Å²) in [5, 5.41) is 13.2. The first-order valence-corrected chi connectivity index (χ1v) is 7.44. The lowest BCUT2D eigenvalue weighted by molar-refractivity contribution is -0.471. The predicted octanol–water partition coefficient (Wildman–Crippen LogP) is 3.66. The second-order valence-electron chi connectivity index (χ2n) is 6.26. The van der Waals surface area contributed by atoms with E-state index in [4.69, 9.17) is 14.2 Å². The molecule has 0 atom stereocenters. The topological polar surface area (TPSA) is 47.6 Å². The van der Waals surface area contributed by atoms with E-state index < -0.39 is 11.6 Å². The van der Waals surface area contributed by atoms with Crippen LogP contribution in [0, 0.1) is 0 Å². The lowest BCUT2D eigenvalue weighted by Gasteiger charge is -2.44. The van der Waals surface area contributed by atoms with E-state index in [0.717, 1.165) is 12.8 Å². The Balaban J connectivity index is 3.02. The fourth-order valence-corrected chi connectivity index (χ4v) is 2.76. The number of rotatable bonds is 7. The van der Waals surface area contributed by atoms with E-state index in [1.807, 2.05) is 41.5 Å². The van der Waals surface area contributed by atoms with E-state index in [0.29, 0.717) is 12.8 Å². The van der Waals surface area contributed by atoms with Gasteiger partial charge in [0.2, 0.25) is 0 Å². The Morgan fingerprint density at radius 2 is 1.26 bits per heavy atom. The molecule has 1 fully saturated rings. The summed E-state index contributed by atoms with van der Waals surface area (Å²) >= 11 is 0. The summed E-state index contributed by atoms with van der Waals surface area (Å²) < 4.78 is 17.3. The van der Waals surface area contributed by atoms with Crippen molar-refractivity contribution in [1.82, 2.24) is 0 Å². The van der Waals surface area contributed by atoms with Crippen LogP contribution in [0.15, 0.2) is 0 Å². The first-order valence-electron chi connectivity index (χ1n) is 7.44. The van der Waals surface area contributed by atoms with Crippen molar-refractivity contribution in [3.05, 3.63) is 0 Å². The minimum absolute atomic E-state index is 0.0158. The number of hydrogen-bond donors (Lipinski definition) is 0. The molecule has 0 bridgehead atoms. The Bertz CT molecular complexity index is 257. The molecule has 0 spiro atoms. The van der Waals surface area contributed by atoms with Crippen molar-refractivity contribution in [1.29, 1.82) is 0 Å². The molecule has 1 rings (SSSR count). The van der Waals surface area contributed by atoms with E-state index >= 15 is 0 Å². The third-order valence-electron chi connectivity index (χ3n) is 3.21. The van der Waals surface area contributed by atoms with Gasteiger partial charge < -0.3 is 14.2 Å². The molecular formula is C15H29O4. The molecule has 1 saturated carbocycles. The van der Waals surface area contributed by atoms with Crippen molar-refractivity contribution in [2.45, 2.75) is 97.1 Å². The summed E-state index contributed by atoms with van der Waals surface area (Å²) in [4.78, 5) is 0. The van der Waals surface area contributed by atoms with Crippen molar-refractivity contribution in [2.24, 2.45) is 0 Å². The molecule has 0 aromatic heterocycles. The molecule has 4 nitrogen and oxygen atoms in total. The van der Waals surface area contributed by atoms with Crippen molar-refractivity contribution in [3.8, 4) is 0 Å². The summed E-state index contributed by atoms with van der Waals surface area (Å²) in [5.74, 6) is -1.92. The lowest BCUT2D eigenvalue weighted by atomic mass is 9.97. The molecule has 0 aromatic carbocycles. The van der Waals surface area contributed by atoms with E-state index in [1.54, 1.807) is 0 Å². The Kier molecular flexibility index (Phi) is 5.80. The van der Waals surface area contributed by atoms with Crippen molar-refractivity contribution >= 4 is 0 Å². The van der Waals surface area contributed by atoms with Gasteiger partial charge in [0.05, 0.1) is 18.3 Å². The minimum atomic E-state index is -1.92. The van der Waals surface area contributed by atoms with Gasteiger partial charge in [0.25, 0.3) is 0 Å². The van der Waals surface area contributed by atoms with Crippen LogP contribution in [0.1, 0.15) is 67.2 Å². The average molecular weight is 273 g/mol. The van der Waals surface area contributed by atoms with Gasteiger partial charge in [-0.05, 0) is 54.4 Å². The van der Waals surface area contributed by atoms with Crippen molar-refractivity contribution < 1.29 is 19.3 Å². The van der Waals surface area contributed by atoms with Gasteiger partial charge >= 0.3 is 5.97 Å². The maximum absolute atomic E-state index is 13.2. The average Bonchev–Trinajstić information content (AvgIpc) is 2.63. The molecule has 0 aliphatic heterocycles. The molecule has 19 heavy (non-hydrogen) atoms. The van der Waals surface area contributed by atoms with Crippen LogP contribution in [0.25, 0.3) is 0 Å². The second kappa shape index (κ2) is 6.53. The van der Waals surface area contributed by atoms with Crippen LogP contribution in [-0.4, -0.2) is 29.9 Å². The van der Waals surface area contributed by atoms with Crippen LogP contribution in [0.3, 0.4) is 0 Å². The second-order valence-corrected chi connectivity index (χ2v) is 6.26. The van der Waals surface area contributed by atoms with Gasteiger partial charge in [0.15, 0.2) is 5.60 Å². The Hall–Kier alpha value is -0.160. The van der Waals surface area contributed by atoms with Crippen molar-refractivity contribution in [2.75, 3.05) is 0 Å². The van der Waals surface area contributed by atoms with Gasteiger partial charge in [-0.1, -0.05) is 12.8 Å². The molecular weight excluding hydrogens is 244 g/mol. The first-order chi connectivity index (χ1) is 8.71. The van der Waals surface area contributed by atoms with Crippen LogP contribution < -0.4 is 0 Å². The van der Waals surface area contributed by atoms with Crippen LogP contribution in [-0.2, 0) is 19.3 Å². The van der Waals surface area contributed by atoms with Crippen LogP contribution in [0.2, 0.25) is 0 Å². The number of hydrogen-bond acceptors (Lipinski definition) is 3. The highest BCUT2D eigenvalue weighted by Gasteiger charge is 2.58. The molecule has 0 aromatic rings. The largest absolute Gasteiger partial charge is 0.364 e. The molecule has 4 heteroatoms. The highest BCUT2D eigenvalue weighted by Crippen LogP contribution is 2.45. The van der Waals surface area contributed by atoms with Crippen LogP contribution >= 0.6 is 0 Å². The maximum atomic E-state index is 13.2. The highest BCUT2D eigenvalue weighted by molar-refractivity contribution is 4.95. The maximum Gasteiger partial charge on any atom is 0.342 e. The molecule has 0 unspecified atom stereocenters. The molecule has 0 amide bonds. The summed E-state index contributed by atoms with van der Waals surface area (Å²) in [6, 6.07) is 0. The van der Waals surface area contributed by atoms with Gasteiger partial charge in [-0.2, -0.15) is 5.11 Å². The lowest BCUT2D eigenvalue weighted by Crippen LogP contribution is -2.59. The normalized spacial score (nSPS) is 19.9. The van der Waals surface area contributed by atoms with Gasteiger partial charge in [-0.15, -0.1) is 0 Å². The standard InChI is InChI=1S/C15H29O4/c1-11(2)17-14(9-7-8-10-14)15(16,18-12(3)4)19-13(5)6/h11-13H,7-10H2,1-6H3. The molecule has 1 radical (unpaired) electrons. The fraction of sp³-hybridized carbons (Fsp3) is 1.00. The third-order valence-corrected chi connectivity index (χ3v) is 3.21. The number of ether oxygens (including phenoxy) is 3. The van der Waals surface area contributed by atoms with E-state index in [2.05, 4.69) is 0 Å². The zero-order valence-corrected chi connectivity index (χ0v) is 13.2. The molecule has 0 N–H and O–H groups in total. The Morgan fingerprint density at radius 3 is 1.58 bits per heavy atom. The van der Waals surface area contributed by atoms with E-state index in [1.165, 1.54) is 0 Å². The van der Waals surface area contributed by atoms with E-state index in [-0.39, 0.29) is 18.3 Å². The quantitative estimate of drug-likeness (QED) is 0.665.